The van der Waals surface area contributed by atoms with Gasteiger partial charge in [-0.05, 0) is 32.4 Å². The summed E-state index contributed by atoms with van der Waals surface area (Å²) in [7, 11) is -0.664. The summed E-state index contributed by atoms with van der Waals surface area (Å²) < 4.78 is 39.3. The number of likely N-dealkylation sites (N-methyl/N-ethyl adjacent to an activating group) is 1. The maximum atomic E-state index is 13.1. The van der Waals surface area contributed by atoms with Crippen LogP contribution < -0.4 is 5.32 Å². The van der Waals surface area contributed by atoms with Crippen molar-refractivity contribution in [1.82, 2.24) is 10.2 Å². The summed E-state index contributed by atoms with van der Waals surface area (Å²) in [4.78, 5) is 25.5. The van der Waals surface area contributed by atoms with Crippen LogP contribution in [0, 0.1) is 0 Å². The van der Waals surface area contributed by atoms with Crippen LogP contribution in [0.3, 0.4) is 0 Å². The van der Waals surface area contributed by atoms with Crippen LogP contribution in [0.5, 0.6) is 0 Å². The molecule has 0 aromatic heterocycles. The van der Waals surface area contributed by atoms with E-state index in [2.05, 4.69) is 5.32 Å². The normalized spacial score (nSPS) is 13.3. The number of halogens is 3. The fraction of sp³-hybridized carbons (Fsp3) is 0.368. The summed E-state index contributed by atoms with van der Waals surface area (Å²) in [5.74, 6) is -2.76. The molecule has 0 heterocycles. The third-order valence-corrected chi connectivity index (χ3v) is 4.10. The summed E-state index contributed by atoms with van der Waals surface area (Å²) in [5.41, 5.74) is -0.919. The molecule has 0 aliphatic heterocycles. The number of hydrogen-bond acceptors (Lipinski definition) is 4. The lowest BCUT2D eigenvalue weighted by Crippen LogP contribution is -2.50. The van der Waals surface area contributed by atoms with Gasteiger partial charge in [0, 0.05) is 7.05 Å². The molecule has 10 heteroatoms. The van der Waals surface area contributed by atoms with E-state index in [9.17, 15) is 32.8 Å². The van der Waals surface area contributed by atoms with Crippen molar-refractivity contribution in [1.29, 1.82) is 0 Å². The van der Waals surface area contributed by atoms with Gasteiger partial charge in [0.15, 0.2) is 0 Å². The summed E-state index contributed by atoms with van der Waals surface area (Å²) in [6.45, 7) is 2.98. The van der Waals surface area contributed by atoms with Crippen molar-refractivity contribution in [2.75, 3.05) is 13.6 Å². The van der Waals surface area contributed by atoms with Crippen LogP contribution in [0.25, 0.3) is 0 Å². The Balaban J connectivity index is 2.87. The van der Waals surface area contributed by atoms with Crippen molar-refractivity contribution >= 4 is 18.9 Å². The number of nitrogens with one attached hydrogen (secondary N) is 1. The molecule has 3 N–H and O–H groups in total. The summed E-state index contributed by atoms with van der Waals surface area (Å²) in [5, 5.41) is 21.4. The standard InChI is InChI=1S/C19H24BF3N2O4/c1-4-8-13(5-2)11-16(20(28)29)24-17(26)12-25(3)18(27)14-9-6-7-10-15(14)19(21,22)23/h4-10,16,28-29H,11-12H2,1-3H3,(H,24,26)/b8-4-,13-5+/t16-/m0/s1. The molecule has 0 aliphatic carbocycles. The minimum atomic E-state index is -4.71. The third kappa shape index (κ3) is 7.39. The maximum Gasteiger partial charge on any atom is 0.475 e. The molecule has 0 spiro atoms. The van der Waals surface area contributed by atoms with E-state index in [1.165, 1.54) is 19.2 Å². The Hall–Kier alpha value is -2.59. The lowest BCUT2D eigenvalue weighted by atomic mass is 9.75. The molecule has 0 bridgehead atoms. The lowest BCUT2D eigenvalue weighted by Gasteiger charge is -2.22. The second-order valence-electron chi connectivity index (χ2n) is 6.36. The Kier molecular flexibility index (Phi) is 9.13. The molecule has 0 fully saturated rings. The van der Waals surface area contributed by atoms with Crippen molar-refractivity contribution in [3.8, 4) is 0 Å². The predicted octanol–water partition coefficient (Wildman–Crippen LogP) is 2.19. The van der Waals surface area contributed by atoms with Crippen molar-refractivity contribution in [3.05, 3.63) is 59.2 Å². The zero-order valence-electron chi connectivity index (χ0n) is 16.4. The Labute approximate surface area is 167 Å². The fourth-order valence-electron chi connectivity index (χ4n) is 2.64. The Bertz CT molecular complexity index is 779. The van der Waals surface area contributed by atoms with E-state index in [-0.39, 0.29) is 6.42 Å². The average Bonchev–Trinajstić information content (AvgIpc) is 2.65. The molecule has 29 heavy (non-hydrogen) atoms. The van der Waals surface area contributed by atoms with E-state index in [1.807, 2.05) is 0 Å². The van der Waals surface area contributed by atoms with E-state index in [1.54, 1.807) is 32.1 Å². The van der Waals surface area contributed by atoms with Gasteiger partial charge < -0.3 is 20.3 Å². The summed E-state index contributed by atoms with van der Waals surface area (Å²) >= 11 is 0. The van der Waals surface area contributed by atoms with Crippen LogP contribution >= 0.6 is 0 Å². The molecule has 158 valence electrons. The fourth-order valence-corrected chi connectivity index (χ4v) is 2.64. The topological polar surface area (TPSA) is 89.9 Å². The minimum Gasteiger partial charge on any atom is -0.426 e. The highest BCUT2D eigenvalue weighted by Gasteiger charge is 2.36. The van der Waals surface area contributed by atoms with Gasteiger partial charge in [0.05, 0.1) is 23.6 Å². The van der Waals surface area contributed by atoms with Crippen LogP contribution in [-0.2, 0) is 11.0 Å². The number of amides is 2. The van der Waals surface area contributed by atoms with Gasteiger partial charge in [-0.25, -0.2) is 0 Å². The monoisotopic (exact) mass is 412 g/mol. The van der Waals surface area contributed by atoms with Crippen molar-refractivity contribution in [2.24, 2.45) is 0 Å². The van der Waals surface area contributed by atoms with Gasteiger partial charge in [0.2, 0.25) is 5.91 Å². The molecule has 6 nitrogen and oxygen atoms in total. The maximum absolute atomic E-state index is 13.1. The molecule has 0 saturated carbocycles. The molecule has 1 aromatic rings. The highest BCUT2D eigenvalue weighted by atomic mass is 19.4. The smallest absolute Gasteiger partial charge is 0.426 e. The molecule has 1 atom stereocenters. The highest BCUT2D eigenvalue weighted by Crippen LogP contribution is 2.32. The van der Waals surface area contributed by atoms with Gasteiger partial charge in [-0.15, -0.1) is 0 Å². The van der Waals surface area contributed by atoms with E-state index in [0.717, 1.165) is 22.6 Å². The molecular formula is C19H24BF3N2O4. The molecule has 0 saturated heterocycles. The lowest BCUT2D eigenvalue weighted by molar-refractivity contribution is -0.138. The third-order valence-electron chi connectivity index (χ3n) is 4.10. The highest BCUT2D eigenvalue weighted by molar-refractivity contribution is 6.43. The Morgan fingerprint density at radius 3 is 2.38 bits per heavy atom. The minimum absolute atomic E-state index is 0.124. The largest absolute Gasteiger partial charge is 0.475 e. The molecule has 2 amide bonds. The molecule has 1 rings (SSSR count). The van der Waals surface area contributed by atoms with Crippen LogP contribution in [0.1, 0.15) is 36.2 Å². The molecular weight excluding hydrogens is 388 g/mol. The summed E-state index contributed by atoms with van der Waals surface area (Å²) in [6, 6.07) is 4.30. The first-order valence-corrected chi connectivity index (χ1v) is 8.86. The van der Waals surface area contributed by atoms with E-state index in [0.29, 0.717) is 0 Å². The first-order valence-electron chi connectivity index (χ1n) is 8.86. The van der Waals surface area contributed by atoms with Gasteiger partial charge in [0.1, 0.15) is 0 Å². The van der Waals surface area contributed by atoms with Gasteiger partial charge in [-0.2, -0.15) is 13.2 Å². The second-order valence-corrected chi connectivity index (χ2v) is 6.36. The van der Waals surface area contributed by atoms with Crippen LogP contribution in [0.15, 0.2) is 48.1 Å². The van der Waals surface area contributed by atoms with E-state index >= 15 is 0 Å². The predicted molar refractivity (Wildman–Crippen MR) is 104 cm³/mol. The van der Waals surface area contributed by atoms with Gasteiger partial charge in [0.25, 0.3) is 5.91 Å². The number of carbonyl (C=O) groups is 2. The number of allylic oxidation sites excluding steroid dienone is 3. The number of benzene rings is 1. The average molecular weight is 412 g/mol. The first kappa shape index (κ1) is 24.5. The van der Waals surface area contributed by atoms with Crippen LogP contribution in [0.4, 0.5) is 13.2 Å². The SMILES string of the molecule is C/C=C\C(=C/C)C[C@H](NC(=O)CN(C)C(=O)c1ccccc1C(F)(F)F)B(O)O. The number of carbonyl (C=O) groups excluding carboxylic acids is 2. The van der Waals surface area contributed by atoms with Gasteiger partial charge in [-0.3, -0.25) is 9.59 Å². The van der Waals surface area contributed by atoms with Crippen LogP contribution in [0.2, 0.25) is 0 Å². The number of hydrogen-bond donors (Lipinski definition) is 3. The van der Waals surface area contributed by atoms with Crippen molar-refractivity contribution in [2.45, 2.75) is 32.4 Å². The molecule has 1 aromatic carbocycles. The first-order chi connectivity index (χ1) is 13.5. The second kappa shape index (κ2) is 10.8. The summed E-state index contributed by atoms with van der Waals surface area (Å²) in [6.07, 6.45) is 0.648. The van der Waals surface area contributed by atoms with Crippen molar-refractivity contribution < 1.29 is 32.8 Å². The molecule has 0 unspecified atom stereocenters. The number of rotatable bonds is 8. The van der Waals surface area contributed by atoms with Crippen molar-refractivity contribution in [3.63, 3.8) is 0 Å². The van der Waals surface area contributed by atoms with E-state index < -0.39 is 48.7 Å². The zero-order chi connectivity index (χ0) is 22.2. The zero-order valence-corrected chi connectivity index (χ0v) is 16.4. The number of alkyl halides is 3. The Morgan fingerprint density at radius 1 is 1.24 bits per heavy atom. The van der Waals surface area contributed by atoms with Crippen LogP contribution in [-0.4, -0.2) is 53.4 Å². The van der Waals surface area contributed by atoms with Gasteiger partial charge in [-0.1, -0.05) is 35.9 Å². The molecule has 0 aliphatic rings. The molecule has 0 radical (unpaired) electrons. The van der Waals surface area contributed by atoms with Gasteiger partial charge >= 0.3 is 13.3 Å². The van der Waals surface area contributed by atoms with E-state index in [4.69, 9.17) is 0 Å². The number of nitrogens with zero attached hydrogens (tertiary/aromatic N) is 1. The Morgan fingerprint density at radius 2 is 1.86 bits per heavy atom. The quantitative estimate of drug-likeness (QED) is 0.451.